The third-order valence-electron chi connectivity index (χ3n) is 7.31. The first kappa shape index (κ1) is 72.5. The summed E-state index contributed by atoms with van der Waals surface area (Å²) in [4.78, 5) is 0. The van der Waals surface area contributed by atoms with E-state index in [0.717, 1.165) is 0 Å². The molecule has 0 fully saturated rings. The number of halogens is 33. The highest BCUT2D eigenvalue weighted by Gasteiger charge is 2.90. The zero-order valence-electron chi connectivity index (χ0n) is 32.2. The van der Waals surface area contributed by atoms with E-state index >= 15 is 0 Å². The van der Waals surface area contributed by atoms with E-state index < -0.39 is 173 Å². The van der Waals surface area contributed by atoms with Crippen LogP contribution in [-0.4, -0.2) is 160 Å². The van der Waals surface area contributed by atoms with Crippen LogP contribution in [0.15, 0.2) is 0 Å². The second kappa shape index (κ2) is 20.8. The predicted molar refractivity (Wildman–Crippen MR) is 148 cm³/mol. The van der Waals surface area contributed by atoms with Crippen molar-refractivity contribution >= 4 is 31.2 Å². The van der Waals surface area contributed by atoms with E-state index in [4.69, 9.17) is 0 Å². The van der Waals surface area contributed by atoms with Gasteiger partial charge >= 0.3 is 89.0 Å². The van der Waals surface area contributed by atoms with E-state index in [9.17, 15) is 184 Å². The minimum absolute atomic E-state index is 0.400. The van der Waals surface area contributed by atoms with Crippen molar-refractivity contribution in [3.63, 3.8) is 0 Å². The lowest BCUT2D eigenvalue weighted by atomic mass is 9.90. The fourth-order valence-corrected chi connectivity index (χ4v) is 4.18. The monoisotopic (exact) mass is 1210 g/mol. The first-order chi connectivity index (χ1) is 29.9. The summed E-state index contributed by atoms with van der Waals surface area (Å²) < 4.78 is 519. The average Bonchev–Trinajstić information content (AvgIpc) is 3.10. The van der Waals surface area contributed by atoms with Gasteiger partial charge in [-0.05, 0) is 13.8 Å². The third-order valence-corrected chi connectivity index (χ3v) is 8.53. The van der Waals surface area contributed by atoms with Gasteiger partial charge in [0.25, 0.3) is 0 Å². The molecule has 3 unspecified atom stereocenters. The van der Waals surface area contributed by atoms with Gasteiger partial charge < -0.3 is 13.7 Å². The molecule has 0 aromatic heterocycles. The number of rotatable bonds is 23. The van der Waals surface area contributed by atoms with Gasteiger partial charge in [0.05, 0.1) is 0 Å². The van der Waals surface area contributed by atoms with Crippen LogP contribution in [-0.2, 0) is 43.7 Å². The van der Waals surface area contributed by atoms with Gasteiger partial charge in [-0.2, -0.15) is 132 Å². The van der Waals surface area contributed by atoms with Crippen LogP contribution in [0.2, 0.25) is 0 Å². The van der Waals surface area contributed by atoms with Crippen LogP contribution in [0.3, 0.4) is 0 Å². The molecule has 0 heterocycles. The molecule has 0 spiro atoms. The summed E-state index contributed by atoms with van der Waals surface area (Å²) in [5.41, 5.74) is 0. The van der Waals surface area contributed by atoms with E-state index in [1.54, 1.807) is 0 Å². The SMILES string of the molecule is CC(F)(F)C(F)(F)C(F)(F)C(F)(F)OS(=O)(=O)[O-].CC(F)C(F)(F)C(F)(F)C(F)(F)C(F)(F)C(F)(F)COS(=O)(=O)[O-].CC(F)C(F)(F)C(F)C(F)(F)C(F)(F)C(F)(F)C(F)(F)C(F)(F)COS(=O)(=O)[O-]. The highest BCUT2D eigenvalue weighted by atomic mass is 32.3. The normalized spacial score (nSPS) is 17.1. The molecule has 0 radical (unpaired) electrons. The van der Waals surface area contributed by atoms with E-state index in [0.29, 0.717) is 0 Å². The van der Waals surface area contributed by atoms with Crippen LogP contribution in [0.5, 0.6) is 0 Å². The molecule has 48 heteroatoms. The maximum Gasteiger partial charge on any atom is 0.439 e. The number of alkyl halides is 33. The molecule has 0 N–H and O–H groups in total. The van der Waals surface area contributed by atoms with Crippen molar-refractivity contribution in [2.24, 2.45) is 0 Å². The summed E-state index contributed by atoms with van der Waals surface area (Å²) in [5.74, 6) is -98.8. The van der Waals surface area contributed by atoms with Crippen molar-refractivity contribution in [1.82, 2.24) is 0 Å². The Morgan fingerprint density at radius 2 is 0.648 bits per heavy atom. The van der Waals surface area contributed by atoms with E-state index in [1.807, 2.05) is 4.18 Å². The maximum absolute atomic E-state index is 13.3. The molecule has 3 atom stereocenters. The topological polar surface area (TPSA) is 199 Å². The van der Waals surface area contributed by atoms with E-state index in [1.165, 1.54) is 0 Å². The van der Waals surface area contributed by atoms with Gasteiger partial charge in [0, 0.05) is 6.92 Å². The molecule has 0 aliphatic rings. The fourth-order valence-electron chi connectivity index (χ4n) is 3.24. The van der Waals surface area contributed by atoms with Crippen molar-refractivity contribution in [1.29, 1.82) is 0 Å². The Hall–Kier alpha value is -2.70. The zero-order valence-corrected chi connectivity index (χ0v) is 34.7. The van der Waals surface area contributed by atoms with Gasteiger partial charge in [0.2, 0.25) is 37.4 Å². The molecule has 0 rings (SSSR count). The van der Waals surface area contributed by atoms with Crippen molar-refractivity contribution in [2.45, 2.75) is 128 Å². The Balaban J connectivity index is -0.00000100. The Morgan fingerprint density at radius 3 is 0.859 bits per heavy atom. The van der Waals surface area contributed by atoms with E-state index in [2.05, 4.69) is 8.37 Å². The van der Waals surface area contributed by atoms with Crippen molar-refractivity contribution in [3.05, 3.63) is 0 Å². The Morgan fingerprint density at radius 1 is 0.380 bits per heavy atom. The van der Waals surface area contributed by atoms with Crippen LogP contribution in [0, 0.1) is 0 Å². The van der Waals surface area contributed by atoms with Crippen LogP contribution < -0.4 is 0 Å². The smallest absolute Gasteiger partial charge is 0.439 e. The first-order valence-corrected chi connectivity index (χ1v) is 19.4. The highest BCUT2D eigenvalue weighted by Crippen LogP contribution is 2.61. The molecular formula is C23H16F33O12S3-3. The minimum Gasteiger partial charge on any atom is -0.726 e. The van der Waals surface area contributed by atoms with Gasteiger partial charge in [0.15, 0.2) is 12.3 Å². The van der Waals surface area contributed by atoms with Gasteiger partial charge in [-0.25, -0.2) is 42.6 Å². The number of hydrogen-bond donors (Lipinski definition) is 0. The Labute approximate surface area is 369 Å². The average molecular weight is 1210 g/mol. The largest absolute Gasteiger partial charge is 0.726 e. The molecule has 0 saturated carbocycles. The summed E-state index contributed by atoms with van der Waals surface area (Å²) >= 11 is 0. The lowest BCUT2D eigenvalue weighted by Crippen LogP contribution is -2.71. The molecular weight excluding hydrogens is 1190 g/mol. The van der Waals surface area contributed by atoms with Crippen molar-refractivity contribution < 1.29 is 196 Å². The van der Waals surface area contributed by atoms with Crippen LogP contribution >= 0.6 is 0 Å². The summed E-state index contributed by atoms with van der Waals surface area (Å²) in [6, 6.07) is 0. The summed E-state index contributed by atoms with van der Waals surface area (Å²) in [6.45, 7) is -8.55. The molecule has 0 aliphatic carbocycles. The van der Waals surface area contributed by atoms with Gasteiger partial charge in [-0.15, -0.1) is 0 Å². The summed E-state index contributed by atoms with van der Waals surface area (Å²) in [7, 11) is -19.0. The zero-order chi connectivity index (χ0) is 59.3. The van der Waals surface area contributed by atoms with E-state index in [-0.39, 0.29) is 0 Å². The van der Waals surface area contributed by atoms with Gasteiger partial charge in [-0.3, -0.25) is 8.37 Å². The fraction of sp³-hybridized carbons (Fsp3) is 1.00. The Bertz CT molecular complexity index is 2120. The molecule has 0 aromatic rings. The van der Waals surface area contributed by atoms with Crippen LogP contribution in [0.4, 0.5) is 145 Å². The molecule has 0 aromatic carbocycles. The molecule has 0 saturated heterocycles. The molecule has 0 aliphatic heterocycles. The molecule has 12 nitrogen and oxygen atoms in total. The highest BCUT2D eigenvalue weighted by molar-refractivity contribution is 7.81. The lowest BCUT2D eigenvalue weighted by Gasteiger charge is -2.41. The van der Waals surface area contributed by atoms with Crippen molar-refractivity contribution in [2.75, 3.05) is 13.2 Å². The van der Waals surface area contributed by atoms with Gasteiger partial charge in [-0.1, -0.05) is 0 Å². The second-order valence-corrected chi connectivity index (χ2v) is 15.8. The predicted octanol–water partition coefficient (Wildman–Crippen LogP) is 8.95. The first-order valence-electron chi connectivity index (χ1n) is 15.4. The standard InChI is InChI=1S/C10H8F14O4S.C8H7F11O4S.C5H4F8O4S/c1-3(11)6(15,16)4(12)7(17,18)9(21,22)10(23,24)8(19,20)5(13,14)2-28-29(25,26)27;1-3(9)5(12,13)7(16,17)8(18,19)6(14,15)4(10,11)2-23-24(20,21)22;1-2(6,7)3(8,9)4(10,11)5(12,13)17-18(14,15)16/h3-4H,2H2,1H3,(H,25,26,27);3H,2H2,1H3,(H,20,21,22);1H3,(H,14,15,16)/p-3. The molecule has 432 valence electrons. The number of hydrogen-bond acceptors (Lipinski definition) is 12. The lowest BCUT2D eigenvalue weighted by molar-refractivity contribution is -0.415. The third kappa shape index (κ3) is 14.6. The second-order valence-electron chi connectivity index (χ2n) is 12.8. The molecule has 0 amide bonds. The van der Waals surface area contributed by atoms with Crippen LogP contribution in [0.25, 0.3) is 0 Å². The maximum atomic E-state index is 13.3. The summed E-state index contributed by atoms with van der Waals surface area (Å²) in [6.07, 6.45) is -20.7. The molecule has 71 heavy (non-hydrogen) atoms. The van der Waals surface area contributed by atoms with Crippen molar-refractivity contribution in [3.8, 4) is 0 Å². The molecule has 0 bridgehead atoms. The summed E-state index contributed by atoms with van der Waals surface area (Å²) in [5, 5.41) is 0. The quantitative estimate of drug-likeness (QED) is 0.0535. The minimum atomic E-state index is -8.07. The van der Waals surface area contributed by atoms with Crippen LogP contribution in [0.1, 0.15) is 20.8 Å². The Kier molecular flexibility index (Phi) is 21.2. The van der Waals surface area contributed by atoms with Gasteiger partial charge in [0.1, 0.15) is 13.2 Å².